The smallest absolute Gasteiger partial charge is 0.420 e. The quantitative estimate of drug-likeness (QED) is 0.226. The van der Waals surface area contributed by atoms with Crippen molar-refractivity contribution in [2.45, 2.75) is 130 Å². The monoisotopic (exact) mass is 705 g/mol. The molecule has 0 aliphatic carbocycles. The first-order valence-electron chi connectivity index (χ1n) is 17.2. The minimum Gasteiger partial charge on any atom is -0.457 e. The van der Waals surface area contributed by atoms with Crippen molar-refractivity contribution in [2.24, 2.45) is 17.8 Å². The van der Waals surface area contributed by atoms with Gasteiger partial charge in [-0.2, -0.15) is 0 Å². The summed E-state index contributed by atoms with van der Waals surface area (Å²) in [5.41, 5.74) is -2.62. The van der Waals surface area contributed by atoms with Gasteiger partial charge in [0.1, 0.15) is 18.3 Å². The number of Topliss-reactive ketones (excluding diaryl/α,β-unsaturated/α-hetero) is 2. The summed E-state index contributed by atoms with van der Waals surface area (Å²) in [4.78, 5) is 73.2. The lowest BCUT2D eigenvalue weighted by molar-refractivity contribution is -0.297. The molecule has 1 saturated heterocycles. The molecule has 3 heterocycles. The topological polar surface area (TPSA) is 162 Å². The molecule has 0 aromatic carbocycles. The second-order valence-corrected chi connectivity index (χ2v) is 14.3. The maximum absolute atomic E-state index is 14.2. The first-order chi connectivity index (χ1) is 23.3. The van der Waals surface area contributed by atoms with Crippen LogP contribution in [0, 0.1) is 17.8 Å². The van der Waals surface area contributed by atoms with Gasteiger partial charge in [0, 0.05) is 38.3 Å². The molecule has 3 rings (SSSR count). The van der Waals surface area contributed by atoms with Gasteiger partial charge >= 0.3 is 18.0 Å². The van der Waals surface area contributed by atoms with Crippen molar-refractivity contribution in [1.82, 2.24) is 14.5 Å². The molecule has 0 radical (unpaired) electrons. The number of carbonyl (C=O) groups excluding carboxylic acids is 5. The highest BCUT2D eigenvalue weighted by molar-refractivity contribution is 6.00. The van der Waals surface area contributed by atoms with Crippen molar-refractivity contribution in [2.75, 3.05) is 21.2 Å². The molecule has 0 bridgehead atoms. The average Bonchev–Trinajstić information content (AvgIpc) is 3.60. The second-order valence-electron chi connectivity index (χ2n) is 14.3. The normalized spacial score (nSPS) is 37.3. The molecule has 280 valence electrons. The molecule has 0 saturated carbocycles. The highest BCUT2D eigenvalue weighted by Crippen LogP contribution is 2.38. The molecule has 50 heavy (non-hydrogen) atoms. The van der Waals surface area contributed by atoms with Crippen molar-refractivity contribution >= 4 is 29.6 Å². The Balaban J connectivity index is 2.14. The van der Waals surface area contributed by atoms with Gasteiger partial charge in [-0.3, -0.25) is 19.2 Å². The molecule has 0 spiro atoms. The van der Waals surface area contributed by atoms with Crippen molar-refractivity contribution in [3.05, 3.63) is 30.4 Å². The van der Waals surface area contributed by atoms with E-state index in [9.17, 15) is 24.0 Å². The molecule has 1 fully saturated rings. The van der Waals surface area contributed by atoms with Gasteiger partial charge in [-0.15, -0.1) is 0 Å². The van der Waals surface area contributed by atoms with E-state index in [1.807, 2.05) is 25.9 Å². The third kappa shape index (κ3) is 9.25. The van der Waals surface area contributed by atoms with Crippen molar-refractivity contribution in [3.8, 4) is 0 Å². The molecule has 1 aromatic heterocycles. The second kappa shape index (κ2) is 16.7. The number of likely N-dealkylation sites (N-methyl/N-ethyl adjacent to an activating group) is 1. The van der Waals surface area contributed by atoms with Crippen LogP contribution >= 0.6 is 0 Å². The summed E-state index contributed by atoms with van der Waals surface area (Å²) < 4.78 is 37.7. The van der Waals surface area contributed by atoms with Crippen molar-refractivity contribution < 1.29 is 52.4 Å². The van der Waals surface area contributed by atoms with Gasteiger partial charge in [0.05, 0.1) is 23.9 Å². The van der Waals surface area contributed by atoms with Gasteiger partial charge < -0.3 is 33.3 Å². The predicted molar refractivity (Wildman–Crippen MR) is 181 cm³/mol. The van der Waals surface area contributed by atoms with E-state index in [4.69, 9.17) is 28.4 Å². The highest BCUT2D eigenvalue weighted by atomic mass is 16.7. The number of aromatic nitrogens is 2. The molecular formula is C36H55N3O11. The molecule has 0 amide bonds. The molecule has 11 atom stereocenters. The van der Waals surface area contributed by atoms with Gasteiger partial charge in [-0.25, -0.2) is 14.3 Å². The standard InChI is InChI=1S/C36H55N3O11/c1-13-27-35(8,50-34(44)39-15-14-37-19-39)17-20(2)28(41)21(3)18-36(9,45-12)31(23(5)29(42)24(6)32(43)48-27)49-33-30(47-25(7)40)26(38(10)11)16-22(4)46-33/h14-15,17,19,21-24,26-27,30-31,33H,13,16,18H2,1-12H3/b20-17+/t21-,22-,23+,24-,26+,27?,30-,31-,33+,35+,36-/m1/s1. The number of hydrogen-bond donors (Lipinski definition) is 0. The number of ketones is 2. The van der Waals surface area contributed by atoms with Gasteiger partial charge in [0.25, 0.3) is 0 Å². The van der Waals surface area contributed by atoms with Crippen molar-refractivity contribution in [3.63, 3.8) is 0 Å². The van der Waals surface area contributed by atoms with Crippen LogP contribution in [0.1, 0.15) is 81.6 Å². The predicted octanol–water partition coefficient (Wildman–Crippen LogP) is 4.13. The summed E-state index contributed by atoms with van der Waals surface area (Å²) in [5.74, 6) is -5.09. The van der Waals surface area contributed by atoms with Gasteiger partial charge in [0.15, 0.2) is 29.6 Å². The third-order valence-corrected chi connectivity index (χ3v) is 9.93. The van der Waals surface area contributed by atoms with E-state index in [1.54, 1.807) is 41.5 Å². The molecule has 2 aliphatic heterocycles. The number of imidazole rings is 1. The number of methoxy groups -OCH3 is 1. The molecule has 14 heteroatoms. The molecule has 2 aliphatic rings. The Morgan fingerprint density at radius 1 is 1.12 bits per heavy atom. The Hall–Kier alpha value is -3.46. The van der Waals surface area contributed by atoms with Crippen LogP contribution in [-0.2, 0) is 47.6 Å². The van der Waals surface area contributed by atoms with E-state index >= 15 is 0 Å². The van der Waals surface area contributed by atoms with E-state index in [1.165, 1.54) is 45.8 Å². The van der Waals surface area contributed by atoms with Crippen LogP contribution in [-0.4, -0.2) is 113 Å². The van der Waals surface area contributed by atoms with Gasteiger partial charge in [0.2, 0.25) is 0 Å². The zero-order valence-electron chi connectivity index (χ0n) is 31.5. The first kappa shape index (κ1) is 41.0. The number of esters is 2. The van der Waals surface area contributed by atoms with Crippen LogP contribution in [0.5, 0.6) is 0 Å². The third-order valence-electron chi connectivity index (χ3n) is 9.93. The Kier molecular flexibility index (Phi) is 13.7. The average molecular weight is 706 g/mol. The van der Waals surface area contributed by atoms with Gasteiger partial charge in [-0.05, 0) is 79.6 Å². The number of cyclic esters (lactones) is 1. The lowest BCUT2D eigenvalue weighted by Gasteiger charge is -2.47. The number of nitrogens with zero attached hydrogens (tertiary/aromatic N) is 3. The van der Waals surface area contributed by atoms with Crippen LogP contribution in [0.3, 0.4) is 0 Å². The molecule has 1 aromatic rings. The summed E-state index contributed by atoms with van der Waals surface area (Å²) in [6.45, 7) is 14.6. The number of allylic oxidation sites excluding steroid dienone is 1. The lowest BCUT2D eigenvalue weighted by atomic mass is 9.77. The number of carbonyl (C=O) groups is 5. The fourth-order valence-corrected chi connectivity index (χ4v) is 7.10. The van der Waals surface area contributed by atoms with E-state index < -0.39 is 77.4 Å². The number of rotatable bonds is 7. The summed E-state index contributed by atoms with van der Waals surface area (Å²) in [6.07, 6.45) is 1.25. The van der Waals surface area contributed by atoms with Crippen molar-refractivity contribution in [1.29, 1.82) is 0 Å². The summed E-state index contributed by atoms with van der Waals surface area (Å²) in [6, 6.07) is -0.267. The van der Waals surface area contributed by atoms with Crippen LogP contribution in [0.15, 0.2) is 30.4 Å². The summed E-state index contributed by atoms with van der Waals surface area (Å²) in [5, 5.41) is 0. The van der Waals surface area contributed by atoms with E-state index in [0.717, 1.165) is 4.57 Å². The summed E-state index contributed by atoms with van der Waals surface area (Å²) in [7, 11) is 5.20. The zero-order valence-corrected chi connectivity index (χ0v) is 31.5. The van der Waals surface area contributed by atoms with Crippen LogP contribution in [0.25, 0.3) is 0 Å². The fourth-order valence-electron chi connectivity index (χ4n) is 7.10. The Bertz CT molecular complexity index is 1410. The maximum Gasteiger partial charge on any atom is 0.420 e. The van der Waals surface area contributed by atoms with Crippen LogP contribution < -0.4 is 0 Å². The summed E-state index contributed by atoms with van der Waals surface area (Å²) >= 11 is 0. The minimum absolute atomic E-state index is 0.0922. The van der Waals surface area contributed by atoms with Crippen LogP contribution in [0.4, 0.5) is 4.79 Å². The Morgan fingerprint density at radius 2 is 1.78 bits per heavy atom. The SMILES string of the molecule is CCC1OC(=O)[C@H](C)C(=O)[C@H](C)[C@@H](O[C@@H]2O[C@H](C)C[C@H](N(C)C)[C@H]2OC(C)=O)[C@](C)(OC)C[C@@H](C)C(=O)/C(C)=C/[C@]1(C)OC(=O)n1ccnc1. The lowest BCUT2D eigenvalue weighted by Crippen LogP contribution is -2.60. The Labute approximate surface area is 295 Å². The van der Waals surface area contributed by atoms with Gasteiger partial charge in [-0.1, -0.05) is 20.8 Å². The number of hydrogen-bond acceptors (Lipinski definition) is 13. The molecular weight excluding hydrogens is 650 g/mol. The molecule has 1 unspecified atom stereocenters. The van der Waals surface area contributed by atoms with E-state index in [2.05, 4.69) is 4.98 Å². The van der Waals surface area contributed by atoms with E-state index in [-0.39, 0.29) is 36.3 Å². The molecule has 0 N–H and O–H groups in total. The maximum atomic E-state index is 14.2. The Morgan fingerprint density at radius 3 is 2.32 bits per heavy atom. The van der Waals surface area contributed by atoms with Crippen LogP contribution in [0.2, 0.25) is 0 Å². The van der Waals surface area contributed by atoms with E-state index in [0.29, 0.717) is 6.42 Å². The first-order valence-corrected chi connectivity index (χ1v) is 17.2. The highest BCUT2D eigenvalue weighted by Gasteiger charge is 2.51. The molecule has 14 nitrogen and oxygen atoms in total. The minimum atomic E-state index is -1.59. The zero-order chi connectivity index (χ0) is 37.7. The fraction of sp³-hybridized carbons (Fsp3) is 0.722. The largest absolute Gasteiger partial charge is 0.457 e. The number of ether oxygens (including phenoxy) is 6.